The van der Waals surface area contributed by atoms with E-state index in [1.807, 2.05) is 32.4 Å². The Hall–Kier alpha value is -2.38. The van der Waals surface area contributed by atoms with Crippen molar-refractivity contribution in [1.82, 2.24) is 15.2 Å². The van der Waals surface area contributed by atoms with Gasteiger partial charge in [0.15, 0.2) is 0 Å². The van der Waals surface area contributed by atoms with Crippen LogP contribution in [0.5, 0.6) is 5.75 Å². The highest BCUT2D eigenvalue weighted by Gasteiger charge is 2.21. The number of H-pyrrole nitrogens is 1. The molecule has 136 valence electrons. The molecule has 0 saturated carbocycles. The topological polar surface area (TPSA) is 100 Å². The highest BCUT2D eigenvalue weighted by Crippen LogP contribution is 2.29. The molecule has 1 amide bonds. The second-order valence-electron chi connectivity index (χ2n) is 6.49. The van der Waals surface area contributed by atoms with E-state index >= 15 is 0 Å². The number of aromatic nitrogens is 1. The third kappa shape index (κ3) is 4.80. The maximum Gasteiger partial charge on any atom is 0.333 e. The van der Waals surface area contributed by atoms with Crippen molar-refractivity contribution in [3.8, 4) is 5.75 Å². The predicted octanol–water partition coefficient (Wildman–Crippen LogP) is 1.03. The number of carbonyl (C=O) groups is 2. The van der Waals surface area contributed by atoms with Gasteiger partial charge in [-0.3, -0.25) is 4.79 Å². The Balaban J connectivity index is 2.18. The summed E-state index contributed by atoms with van der Waals surface area (Å²) in [5, 5.41) is 3.44. The molecule has 25 heavy (non-hydrogen) atoms. The smallest absolute Gasteiger partial charge is 0.333 e. The molecule has 7 nitrogen and oxygen atoms in total. The largest absolute Gasteiger partial charge is 0.424 e. The predicted molar refractivity (Wildman–Crippen MR) is 97.4 cm³/mol. The molecule has 0 spiro atoms. The first-order valence-electron chi connectivity index (χ1n) is 8.31. The van der Waals surface area contributed by atoms with Crippen LogP contribution in [0.1, 0.15) is 19.4 Å². The minimum absolute atomic E-state index is 0.393. The first-order chi connectivity index (χ1) is 11.8. The zero-order valence-electron chi connectivity index (χ0n) is 15.1. The number of aromatic amines is 1. The molecule has 0 aliphatic rings. The van der Waals surface area contributed by atoms with Gasteiger partial charge >= 0.3 is 5.97 Å². The molecule has 0 unspecified atom stereocenters. The van der Waals surface area contributed by atoms with Crippen molar-refractivity contribution in [2.75, 3.05) is 20.6 Å². The summed E-state index contributed by atoms with van der Waals surface area (Å²) in [5.74, 6) is -0.434. The highest BCUT2D eigenvalue weighted by atomic mass is 16.5. The van der Waals surface area contributed by atoms with E-state index in [9.17, 15) is 9.59 Å². The lowest BCUT2D eigenvalue weighted by atomic mass is 10.1. The van der Waals surface area contributed by atoms with Gasteiger partial charge in [0.1, 0.15) is 11.8 Å². The van der Waals surface area contributed by atoms with Crippen molar-refractivity contribution in [2.24, 2.45) is 5.73 Å². The van der Waals surface area contributed by atoms with Crippen molar-refractivity contribution >= 4 is 22.8 Å². The quantitative estimate of drug-likeness (QED) is 0.513. The van der Waals surface area contributed by atoms with E-state index in [4.69, 9.17) is 10.5 Å². The molecule has 0 bridgehead atoms. The van der Waals surface area contributed by atoms with E-state index < -0.39 is 24.0 Å². The monoisotopic (exact) mass is 346 g/mol. The number of esters is 1. The van der Waals surface area contributed by atoms with Crippen LogP contribution in [0.4, 0.5) is 0 Å². The fourth-order valence-electron chi connectivity index (χ4n) is 2.45. The van der Waals surface area contributed by atoms with Gasteiger partial charge in [-0.1, -0.05) is 6.07 Å². The summed E-state index contributed by atoms with van der Waals surface area (Å²) in [5.41, 5.74) is 7.49. The van der Waals surface area contributed by atoms with Gasteiger partial charge in [-0.25, -0.2) is 4.79 Å². The van der Waals surface area contributed by atoms with E-state index in [0.717, 1.165) is 29.4 Å². The van der Waals surface area contributed by atoms with E-state index in [1.165, 1.54) is 0 Å². The van der Waals surface area contributed by atoms with E-state index in [2.05, 4.69) is 15.2 Å². The standard InChI is InChI=1S/C18H26N4O3/c1-11(19)17(23)21-12(2)18(24)25-15-7-5-6-14-16(15)13(10-20-14)8-9-22(3)4/h5-7,10-12,20H,8-9,19H2,1-4H3,(H,21,23)/t11-,12-/m0/s1. The minimum Gasteiger partial charge on any atom is -0.424 e. The Labute approximate surface area is 147 Å². The fraction of sp³-hybridized carbons (Fsp3) is 0.444. The van der Waals surface area contributed by atoms with Crippen LogP contribution in [0.15, 0.2) is 24.4 Å². The molecule has 1 heterocycles. The molecule has 0 radical (unpaired) electrons. The van der Waals surface area contributed by atoms with Gasteiger partial charge in [0.25, 0.3) is 0 Å². The summed E-state index contributed by atoms with van der Waals surface area (Å²) in [7, 11) is 4.02. The minimum atomic E-state index is -0.780. The number of amides is 1. The van der Waals surface area contributed by atoms with Crippen LogP contribution in [-0.4, -0.2) is 54.5 Å². The molecule has 2 rings (SSSR count). The number of nitrogens with one attached hydrogen (secondary N) is 2. The van der Waals surface area contributed by atoms with E-state index in [0.29, 0.717) is 5.75 Å². The number of carbonyl (C=O) groups excluding carboxylic acids is 2. The maximum atomic E-state index is 12.3. The lowest BCUT2D eigenvalue weighted by molar-refractivity contribution is -0.138. The number of rotatable bonds is 7. The third-order valence-electron chi connectivity index (χ3n) is 3.91. The average Bonchev–Trinajstić information content (AvgIpc) is 2.96. The molecule has 2 atom stereocenters. The highest BCUT2D eigenvalue weighted by molar-refractivity contribution is 5.93. The summed E-state index contributed by atoms with van der Waals surface area (Å²) in [4.78, 5) is 29.3. The van der Waals surface area contributed by atoms with Gasteiger partial charge in [-0.05, 0) is 52.1 Å². The second-order valence-corrected chi connectivity index (χ2v) is 6.49. The summed E-state index contributed by atoms with van der Waals surface area (Å²) in [6, 6.07) is 4.06. The first-order valence-corrected chi connectivity index (χ1v) is 8.31. The molecule has 7 heteroatoms. The fourth-order valence-corrected chi connectivity index (χ4v) is 2.45. The summed E-state index contributed by atoms with van der Waals surface area (Å²) < 4.78 is 5.55. The average molecular weight is 346 g/mol. The maximum absolute atomic E-state index is 12.3. The number of hydrogen-bond donors (Lipinski definition) is 3. The van der Waals surface area contributed by atoms with Gasteiger partial charge in [0.05, 0.1) is 6.04 Å². The van der Waals surface area contributed by atoms with Crippen LogP contribution in [0, 0.1) is 0 Å². The Morgan fingerprint density at radius 3 is 2.68 bits per heavy atom. The SMILES string of the molecule is C[C@H](N)C(=O)N[C@@H](C)C(=O)Oc1cccc2[nH]cc(CCN(C)C)c12. The molecule has 0 saturated heterocycles. The molecule has 0 aliphatic carbocycles. The van der Waals surface area contributed by atoms with Crippen molar-refractivity contribution < 1.29 is 14.3 Å². The number of fused-ring (bicyclic) bond motifs is 1. The van der Waals surface area contributed by atoms with Crippen molar-refractivity contribution in [1.29, 1.82) is 0 Å². The summed E-state index contributed by atoms with van der Waals surface area (Å²) in [6.07, 6.45) is 2.77. The zero-order chi connectivity index (χ0) is 18.6. The normalized spacial score (nSPS) is 13.7. The Morgan fingerprint density at radius 1 is 1.32 bits per heavy atom. The van der Waals surface area contributed by atoms with Gasteiger partial charge in [0, 0.05) is 23.6 Å². The number of nitrogens with two attached hydrogens (primary N) is 1. The molecular weight excluding hydrogens is 320 g/mol. The van der Waals surface area contributed by atoms with Crippen LogP contribution in [0.3, 0.4) is 0 Å². The van der Waals surface area contributed by atoms with Gasteiger partial charge < -0.3 is 25.7 Å². The van der Waals surface area contributed by atoms with E-state index in [1.54, 1.807) is 19.9 Å². The lowest BCUT2D eigenvalue weighted by Gasteiger charge is -2.15. The van der Waals surface area contributed by atoms with Crippen LogP contribution >= 0.6 is 0 Å². The Bertz CT molecular complexity index is 752. The Kier molecular flexibility index (Phi) is 6.17. The number of ether oxygens (including phenoxy) is 1. The molecule has 2 aromatic rings. The number of nitrogens with zero attached hydrogens (tertiary/aromatic N) is 1. The third-order valence-corrected chi connectivity index (χ3v) is 3.91. The molecule has 0 aliphatic heterocycles. The number of likely N-dealkylation sites (N-methyl/N-ethyl adjacent to an activating group) is 1. The van der Waals surface area contributed by atoms with Crippen LogP contribution < -0.4 is 15.8 Å². The number of benzene rings is 1. The molecule has 0 fully saturated rings. The van der Waals surface area contributed by atoms with E-state index in [-0.39, 0.29) is 0 Å². The summed E-state index contributed by atoms with van der Waals surface area (Å²) >= 11 is 0. The van der Waals surface area contributed by atoms with Gasteiger partial charge in [0.2, 0.25) is 5.91 Å². The van der Waals surface area contributed by atoms with Crippen LogP contribution in [0.2, 0.25) is 0 Å². The second kappa shape index (κ2) is 8.13. The van der Waals surface area contributed by atoms with Crippen molar-refractivity contribution in [3.05, 3.63) is 30.0 Å². The molecule has 1 aromatic heterocycles. The number of hydrogen-bond acceptors (Lipinski definition) is 5. The van der Waals surface area contributed by atoms with Crippen LogP contribution in [-0.2, 0) is 16.0 Å². The van der Waals surface area contributed by atoms with Crippen LogP contribution in [0.25, 0.3) is 10.9 Å². The molecular formula is C18H26N4O3. The van der Waals surface area contributed by atoms with Crippen molar-refractivity contribution in [2.45, 2.75) is 32.4 Å². The summed E-state index contributed by atoms with van der Waals surface area (Å²) in [6.45, 7) is 4.02. The zero-order valence-corrected chi connectivity index (χ0v) is 15.1. The molecule has 4 N–H and O–H groups in total. The van der Waals surface area contributed by atoms with Crippen molar-refractivity contribution in [3.63, 3.8) is 0 Å². The Morgan fingerprint density at radius 2 is 2.04 bits per heavy atom. The van der Waals surface area contributed by atoms with Gasteiger partial charge in [-0.15, -0.1) is 0 Å². The first kappa shape index (κ1) is 19.0. The molecule has 1 aromatic carbocycles. The lowest BCUT2D eigenvalue weighted by Crippen LogP contribution is -2.47. The van der Waals surface area contributed by atoms with Gasteiger partial charge in [-0.2, -0.15) is 0 Å².